The monoisotopic (exact) mass is 425 g/mol. The molecule has 0 fully saturated rings. The van der Waals surface area contributed by atoms with Crippen molar-refractivity contribution in [2.24, 2.45) is 0 Å². The molecule has 0 atom stereocenters. The number of nitrogens with zero attached hydrogens (tertiary/aromatic N) is 1. The highest BCUT2D eigenvalue weighted by Crippen LogP contribution is 2.29. The van der Waals surface area contributed by atoms with E-state index in [2.05, 4.69) is 14.9 Å². The van der Waals surface area contributed by atoms with E-state index in [1.54, 1.807) is 30.3 Å². The Bertz CT molecular complexity index is 1460. The zero-order valence-corrected chi connectivity index (χ0v) is 17.3. The van der Waals surface area contributed by atoms with Crippen LogP contribution in [0.15, 0.2) is 108 Å². The number of nitrogens with one attached hydrogen (secondary N) is 2. The third kappa shape index (κ3) is 3.81. The molecule has 0 unspecified atom stereocenters. The molecular weight excluding hydrogens is 406 g/mol. The van der Waals surface area contributed by atoms with Crippen molar-refractivity contribution in [3.05, 3.63) is 103 Å². The van der Waals surface area contributed by atoms with Crippen LogP contribution in [0.4, 0.5) is 5.69 Å². The van der Waals surface area contributed by atoms with Crippen LogP contribution in [-0.4, -0.2) is 18.6 Å². The Hall–Kier alpha value is -3.90. The highest BCUT2D eigenvalue weighted by molar-refractivity contribution is 7.92. The summed E-state index contributed by atoms with van der Waals surface area (Å²) >= 11 is 0. The number of fused-ring (bicyclic) bond motifs is 1. The first-order valence-corrected chi connectivity index (χ1v) is 11.3. The van der Waals surface area contributed by atoms with Gasteiger partial charge in [0.15, 0.2) is 0 Å². The maximum absolute atomic E-state index is 13.1. The van der Waals surface area contributed by atoms with Crippen LogP contribution in [0.1, 0.15) is 0 Å². The molecule has 0 saturated heterocycles. The lowest BCUT2D eigenvalue weighted by atomic mass is 10.1. The van der Waals surface area contributed by atoms with Crippen LogP contribution in [0, 0.1) is 0 Å². The van der Waals surface area contributed by atoms with E-state index in [-0.39, 0.29) is 4.90 Å². The standard InChI is InChI=1S/C25H19N3O2S/c29-31(30,22-13-7-12-20(16-22)18-8-3-1-4-9-18)28-21-14-15-24-23(17-21)25(27-26-24)19-10-5-2-6-11-19/h1-17,28H,(H,26,27). The molecule has 0 aliphatic carbocycles. The van der Waals surface area contributed by atoms with Crippen molar-refractivity contribution in [2.45, 2.75) is 4.90 Å². The van der Waals surface area contributed by atoms with Crippen LogP contribution in [0.25, 0.3) is 33.3 Å². The molecule has 4 aromatic carbocycles. The molecule has 31 heavy (non-hydrogen) atoms. The molecule has 152 valence electrons. The van der Waals surface area contributed by atoms with Crippen LogP contribution < -0.4 is 4.72 Å². The molecular formula is C25H19N3O2S. The average molecular weight is 426 g/mol. The normalized spacial score (nSPS) is 11.5. The molecule has 0 aliphatic rings. The number of anilines is 1. The Labute approximate surface area is 180 Å². The van der Waals surface area contributed by atoms with E-state index < -0.39 is 10.0 Å². The molecule has 1 aromatic heterocycles. The summed E-state index contributed by atoms with van der Waals surface area (Å²) in [5.74, 6) is 0. The fourth-order valence-corrected chi connectivity index (χ4v) is 4.68. The minimum absolute atomic E-state index is 0.212. The maximum Gasteiger partial charge on any atom is 0.261 e. The molecule has 1 heterocycles. The van der Waals surface area contributed by atoms with Gasteiger partial charge in [0.05, 0.1) is 16.1 Å². The second-order valence-electron chi connectivity index (χ2n) is 7.20. The number of hydrogen-bond acceptors (Lipinski definition) is 3. The largest absolute Gasteiger partial charge is 0.280 e. The maximum atomic E-state index is 13.1. The molecule has 0 amide bonds. The van der Waals surface area contributed by atoms with Crippen molar-refractivity contribution < 1.29 is 8.42 Å². The molecule has 2 N–H and O–H groups in total. The lowest BCUT2D eigenvalue weighted by molar-refractivity contribution is 0.601. The lowest BCUT2D eigenvalue weighted by Gasteiger charge is -2.10. The van der Waals surface area contributed by atoms with Crippen LogP contribution in [0.2, 0.25) is 0 Å². The number of aromatic nitrogens is 2. The van der Waals surface area contributed by atoms with E-state index >= 15 is 0 Å². The molecule has 5 nitrogen and oxygen atoms in total. The van der Waals surface area contributed by atoms with E-state index in [1.807, 2.05) is 72.8 Å². The number of sulfonamides is 1. The highest BCUT2D eigenvalue weighted by atomic mass is 32.2. The molecule has 0 bridgehead atoms. The Kier molecular flexibility index (Phi) is 4.76. The fraction of sp³-hybridized carbons (Fsp3) is 0. The molecule has 6 heteroatoms. The predicted octanol–water partition coefficient (Wildman–Crippen LogP) is 5.70. The van der Waals surface area contributed by atoms with Crippen molar-refractivity contribution in [1.29, 1.82) is 0 Å². The van der Waals surface area contributed by atoms with Gasteiger partial charge in [-0.25, -0.2) is 8.42 Å². The fourth-order valence-electron chi connectivity index (χ4n) is 3.58. The van der Waals surface area contributed by atoms with Crippen LogP contribution in [0.3, 0.4) is 0 Å². The number of rotatable bonds is 5. The Balaban J connectivity index is 1.49. The van der Waals surface area contributed by atoms with Gasteiger partial charge >= 0.3 is 0 Å². The van der Waals surface area contributed by atoms with Gasteiger partial charge in [0.2, 0.25) is 0 Å². The summed E-state index contributed by atoms with van der Waals surface area (Å²) in [6.07, 6.45) is 0. The van der Waals surface area contributed by atoms with E-state index in [0.717, 1.165) is 33.3 Å². The number of H-pyrrole nitrogens is 1. The second kappa shape index (κ2) is 7.74. The third-order valence-corrected chi connectivity index (χ3v) is 6.49. The zero-order chi connectivity index (χ0) is 21.3. The Morgan fingerprint density at radius 1 is 0.677 bits per heavy atom. The van der Waals surface area contributed by atoms with Crippen LogP contribution in [-0.2, 0) is 10.0 Å². The summed E-state index contributed by atoms with van der Waals surface area (Å²) < 4.78 is 28.9. The van der Waals surface area contributed by atoms with Gasteiger partial charge in [-0.05, 0) is 41.5 Å². The minimum atomic E-state index is -3.75. The van der Waals surface area contributed by atoms with E-state index in [0.29, 0.717) is 5.69 Å². The van der Waals surface area contributed by atoms with E-state index in [9.17, 15) is 8.42 Å². The van der Waals surface area contributed by atoms with Crippen molar-refractivity contribution in [3.63, 3.8) is 0 Å². The molecule has 0 aliphatic heterocycles. The molecule has 5 rings (SSSR count). The molecule has 5 aromatic rings. The quantitative estimate of drug-likeness (QED) is 0.379. The molecule has 0 radical (unpaired) electrons. The summed E-state index contributed by atoms with van der Waals surface area (Å²) in [6.45, 7) is 0. The topological polar surface area (TPSA) is 74.8 Å². The van der Waals surface area contributed by atoms with Crippen LogP contribution >= 0.6 is 0 Å². The lowest BCUT2D eigenvalue weighted by Crippen LogP contribution is -2.12. The van der Waals surface area contributed by atoms with E-state index in [1.165, 1.54) is 0 Å². The van der Waals surface area contributed by atoms with Gasteiger partial charge in [0.1, 0.15) is 0 Å². The van der Waals surface area contributed by atoms with Gasteiger partial charge in [-0.15, -0.1) is 0 Å². The van der Waals surface area contributed by atoms with Crippen molar-refractivity contribution >= 4 is 26.6 Å². The van der Waals surface area contributed by atoms with E-state index in [4.69, 9.17) is 0 Å². The third-order valence-electron chi connectivity index (χ3n) is 5.11. The second-order valence-corrected chi connectivity index (χ2v) is 8.88. The minimum Gasteiger partial charge on any atom is -0.280 e. The van der Waals surface area contributed by atoms with Gasteiger partial charge < -0.3 is 0 Å². The predicted molar refractivity (Wildman–Crippen MR) is 124 cm³/mol. The summed E-state index contributed by atoms with van der Waals surface area (Å²) in [5.41, 5.74) is 4.88. The Morgan fingerprint density at radius 2 is 1.35 bits per heavy atom. The van der Waals surface area contributed by atoms with Crippen molar-refractivity contribution in [2.75, 3.05) is 4.72 Å². The number of aromatic amines is 1. The van der Waals surface area contributed by atoms with Crippen LogP contribution in [0.5, 0.6) is 0 Å². The van der Waals surface area contributed by atoms with Gasteiger partial charge in [-0.1, -0.05) is 72.8 Å². The number of benzene rings is 4. The SMILES string of the molecule is O=S(=O)(Nc1ccc2[nH]nc(-c3ccccc3)c2c1)c1cccc(-c2ccccc2)c1. The highest BCUT2D eigenvalue weighted by Gasteiger charge is 2.16. The summed E-state index contributed by atoms with van der Waals surface area (Å²) in [5, 5.41) is 8.26. The van der Waals surface area contributed by atoms with Gasteiger partial charge in [0, 0.05) is 16.6 Å². The molecule has 0 saturated carbocycles. The summed E-state index contributed by atoms with van der Waals surface area (Å²) in [7, 11) is -3.75. The first kappa shape index (κ1) is 19.1. The number of hydrogen-bond donors (Lipinski definition) is 2. The Morgan fingerprint density at radius 3 is 2.10 bits per heavy atom. The average Bonchev–Trinajstić information content (AvgIpc) is 3.23. The summed E-state index contributed by atoms with van der Waals surface area (Å²) in [4.78, 5) is 0.212. The summed E-state index contributed by atoms with van der Waals surface area (Å²) in [6, 6.07) is 31.8. The van der Waals surface area contributed by atoms with Gasteiger partial charge in [-0.2, -0.15) is 5.10 Å². The van der Waals surface area contributed by atoms with Crippen molar-refractivity contribution in [3.8, 4) is 22.4 Å². The smallest absolute Gasteiger partial charge is 0.261 e. The van der Waals surface area contributed by atoms with Crippen molar-refractivity contribution in [1.82, 2.24) is 10.2 Å². The first-order chi connectivity index (χ1) is 15.1. The zero-order valence-electron chi connectivity index (χ0n) is 16.5. The van der Waals surface area contributed by atoms with Gasteiger partial charge in [0.25, 0.3) is 10.0 Å². The molecule has 0 spiro atoms. The first-order valence-electron chi connectivity index (χ1n) is 9.82. The van der Waals surface area contributed by atoms with Gasteiger partial charge in [-0.3, -0.25) is 9.82 Å².